The molecule has 2 heterocycles. The van der Waals surface area contributed by atoms with E-state index in [4.69, 9.17) is 4.74 Å². The number of nitrogens with zero attached hydrogens (tertiary/aromatic N) is 2. The molecule has 0 spiro atoms. The first-order chi connectivity index (χ1) is 18.6. The van der Waals surface area contributed by atoms with Gasteiger partial charge in [-0.1, -0.05) is 96.6 Å². The van der Waals surface area contributed by atoms with Crippen LogP contribution in [0, 0.1) is 0 Å². The smallest absolute Gasteiger partial charge is 0.332 e. The van der Waals surface area contributed by atoms with Crippen molar-refractivity contribution in [1.29, 1.82) is 0 Å². The van der Waals surface area contributed by atoms with E-state index in [0.29, 0.717) is 17.4 Å². The Kier molecular flexibility index (Phi) is 13.4. The third kappa shape index (κ3) is 7.84. The minimum Gasteiger partial charge on any atom is -0.394 e. The Morgan fingerprint density at radius 3 is 2.08 bits per heavy atom. The molecule has 0 aliphatic carbocycles. The van der Waals surface area contributed by atoms with Gasteiger partial charge in [0.25, 0.3) is 5.56 Å². The highest BCUT2D eigenvalue weighted by Gasteiger charge is 2.71. The first-order valence-corrected chi connectivity index (χ1v) is 14.1. The highest BCUT2D eigenvalue weighted by Crippen LogP contribution is 2.44. The Hall–Kier alpha value is -1.93. The molecule has 0 saturated carbocycles. The van der Waals surface area contributed by atoms with Gasteiger partial charge in [-0.05, 0) is 12.8 Å². The van der Waals surface area contributed by atoms with Crippen molar-refractivity contribution >= 4 is 6.08 Å². The van der Waals surface area contributed by atoms with Crippen LogP contribution in [0.1, 0.15) is 102 Å². The van der Waals surface area contributed by atoms with E-state index in [1.165, 1.54) is 44.9 Å². The maximum absolute atomic E-state index is 15.1. The zero-order valence-corrected chi connectivity index (χ0v) is 22.9. The van der Waals surface area contributed by atoms with Crippen LogP contribution in [0.3, 0.4) is 0 Å². The van der Waals surface area contributed by atoms with Crippen molar-refractivity contribution in [1.82, 2.24) is 14.6 Å². The van der Waals surface area contributed by atoms with Gasteiger partial charge in [-0.2, -0.15) is 0 Å². The Labute approximate surface area is 228 Å². The third-order valence-corrected chi connectivity index (χ3v) is 7.42. The number of aliphatic hydroxyl groups excluding tert-OH is 2. The molecule has 0 radical (unpaired) electrons. The molecule has 1 saturated heterocycles. The van der Waals surface area contributed by atoms with E-state index >= 15 is 4.39 Å². The molecule has 5 atom stereocenters. The second kappa shape index (κ2) is 15.8. The Bertz CT molecular complexity index is 1000. The molecule has 12 heteroatoms. The Balaban J connectivity index is 1.94. The topological polar surface area (TPSA) is 168 Å². The number of H-pyrrole nitrogens is 1. The van der Waals surface area contributed by atoms with Gasteiger partial charge >= 0.3 is 11.6 Å². The number of hydrogen-bond donors (Lipinski definition) is 6. The average molecular weight is 560 g/mol. The van der Waals surface area contributed by atoms with Gasteiger partial charge < -0.3 is 30.4 Å². The number of aromatic nitrogens is 2. The maximum atomic E-state index is 15.1. The van der Waals surface area contributed by atoms with E-state index < -0.39 is 48.0 Å². The number of aliphatic hydroxyl groups is 4. The molecule has 11 nitrogen and oxygen atoms in total. The van der Waals surface area contributed by atoms with Crippen molar-refractivity contribution in [3.8, 4) is 0 Å². The van der Waals surface area contributed by atoms with Crippen LogP contribution in [0.15, 0.2) is 22.4 Å². The second-order valence-electron chi connectivity index (χ2n) is 10.3. The molecule has 2 rings (SSSR count). The minimum atomic E-state index is -3.32. The number of hydroxylamine groups is 2. The minimum absolute atomic E-state index is 0.218. The quantitative estimate of drug-likeness (QED) is 0.0646. The predicted molar refractivity (Wildman–Crippen MR) is 143 cm³/mol. The maximum Gasteiger partial charge on any atom is 0.332 e. The van der Waals surface area contributed by atoms with Crippen LogP contribution >= 0.6 is 0 Å². The molecule has 0 amide bonds. The van der Waals surface area contributed by atoms with Crippen molar-refractivity contribution in [2.45, 2.75) is 127 Å². The summed E-state index contributed by atoms with van der Waals surface area (Å²) >= 11 is 0. The van der Waals surface area contributed by atoms with Gasteiger partial charge in [0, 0.05) is 6.20 Å². The predicted octanol–water partition coefficient (Wildman–Crippen LogP) is 2.69. The molecule has 1 aliphatic rings. The number of ether oxygens (including phenoxy) is 1. The largest absolute Gasteiger partial charge is 0.394 e. The van der Waals surface area contributed by atoms with Gasteiger partial charge in [0.2, 0.25) is 5.72 Å². The molecule has 0 aromatic carbocycles. The highest BCUT2D eigenvalue weighted by atomic mass is 19.1. The second-order valence-corrected chi connectivity index (χ2v) is 10.3. The van der Waals surface area contributed by atoms with Crippen molar-refractivity contribution in [3.05, 3.63) is 39.2 Å². The normalized spacial score (nSPS) is 25.8. The number of alkyl halides is 1. The average Bonchev–Trinajstić information content (AvgIpc) is 3.12. The number of nitrogens with one attached hydrogen (secondary N) is 1. The summed E-state index contributed by atoms with van der Waals surface area (Å²) in [4.78, 5) is 26.3. The molecular weight excluding hydrogens is 513 g/mol. The summed E-state index contributed by atoms with van der Waals surface area (Å²) in [6.45, 7) is 4.68. The summed E-state index contributed by atoms with van der Waals surface area (Å²) in [6.07, 6.45) is 9.44. The van der Waals surface area contributed by atoms with Gasteiger partial charge in [-0.25, -0.2) is 13.8 Å². The summed E-state index contributed by atoms with van der Waals surface area (Å²) in [5.74, 6) is -3.28. The van der Waals surface area contributed by atoms with Crippen LogP contribution < -0.4 is 11.2 Å². The zero-order valence-electron chi connectivity index (χ0n) is 22.9. The van der Waals surface area contributed by atoms with Crippen molar-refractivity contribution < 1.29 is 34.8 Å². The van der Waals surface area contributed by atoms with E-state index in [0.717, 1.165) is 38.0 Å². The van der Waals surface area contributed by atoms with E-state index in [1.807, 2.05) is 4.98 Å². The van der Waals surface area contributed by atoms with Crippen molar-refractivity contribution in [2.24, 2.45) is 0 Å². The summed E-state index contributed by atoms with van der Waals surface area (Å²) in [5.41, 5.74) is -5.68. The number of aromatic amines is 1. The van der Waals surface area contributed by atoms with Gasteiger partial charge in [0.05, 0.1) is 12.2 Å². The van der Waals surface area contributed by atoms with Crippen LogP contribution in [0.2, 0.25) is 0 Å². The first kappa shape index (κ1) is 33.3. The standard InChI is InChI=1S/C27H46FN3O8/c1-3-5-6-7-8-9-10-11-12-13-14-15-16-17-22(28)31(38)26(36)23(33)21(19-32)39-27(26,37)30-18-20(4-2)24(34)29-25(30)35/h4,18,21-23,32-33,36-38H,2-3,5-17,19H2,1H3,(H,29,34,35)/t21-,22?,23-,26-,27+/m1/s1. The van der Waals surface area contributed by atoms with E-state index in [9.17, 15) is 35.2 Å². The van der Waals surface area contributed by atoms with Crippen molar-refractivity contribution in [3.63, 3.8) is 0 Å². The fourth-order valence-electron chi connectivity index (χ4n) is 4.99. The Morgan fingerprint density at radius 2 is 1.59 bits per heavy atom. The molecule has 1 aromatic rings. The molecule has 1 fully saturated rings. The summed E-state index contributed by atoms with van der Waals surface area (Å²) in [5, 5.41) is 53.0. The van der Waals surface area contributed by atoms with Gasteiger partial charge in [0.1, 0.15) is 12.2 Å². The van der Waals surface area contributed by atoms with Gasteiger partial charge in [0.15, 0.2) is 6.30 Å². The molecule has 1 aromatic heterocycles. The number of rotatable bonds is 19. The summed E-state index contributed by atoms with van der Waals surface area (Å²) in [6, 6.07) is 0. The molecule has 1 unspecified atom stereocenters. The molecule has 1 aliphatic heterocycles. The van der Waals surface area contributed by atoms with E-state index in [2.05, 4.69) is 13.5 Å². The zero-order chi connectivity index (χ0) is 29.1. The van der Waals surface area contributed by atoms with Crippen molar-refractivity contribution in [2.75, 3.05) is 6.61 Å². The van der Waals surface area contributed by atoms with Gasteiger partial charge in [-0.3, -0.25) is 9.78 Å². The SMILES string of the molecule is C=Cc1cn([C@@]2(O)O[C@H](CO)[C@@H](O)[C@]2(O)N(O)C(F)CCCCCCCCCCCCCCC)c(=O)[nH]c1=O. The molecule has 224 valence electrons. The fourth-order valence-corrected chi connectivity index (χ4v) is 4.99. The molecule has 6 N–H and O–H groups in total. The third-order valence-electron chi connectivity index (χ3n) is 7.42. The van der Waals surface area contributed by atoms with E-state index in [1.54, 1.807) is 0 Å². The first-order valence-electron chi connectivity index (χ1n) is 14.1. The highest BCUT2D eigenvalue weighted by molar-refractivity contribution is 5.43. The molecule has 0 bridgehead atoms. The summed E-state index contributed by atoms with van der Waals surface area (Å²) in [7, 11) is 0. The lowest BCUT2D eigenvalue weighted by atomic mass is 9.99. The number of unbranched alkanes of at least 4 members (excludes halogenated alkanes) is 12. The monoisotopic (exact) mass is 559 g/mol. The lowest BCUT2D eigenvalue weighted by Gasteiger charge is -2.43. The summed E-state index contributed by atoms with van der Waals surface area (Å²) < 4.78 is 20.6. The Morgan fingerprint density at radius 1 is 1.08 bits per heavy atom. The number of hydrogen-bond acceptors (Lipinski definition) is 9. The molecule has 39 heavy (non-hydrogen) atoms. The number of halogens is 1. The fraction of sp³-hybridized carbons (Fsp3) is 0.778. The van der Waals surface area contributed by atoms with Crippen LogP contribution in [0.4, 0.5) is 4.39 Å². The van der Waals surface area contributed by atoms with Gasteiger partial charge in [-0.15, -0.1) is 5.06 Å². The molecular formula is C27H46FN3O8. The lowest BCUT2D eigenvalue weighted by Crippen LogP contribution is -2.69. The van der Waals surface area contributed by atoms with Crippen LogP contribution in [-0.4, -0.2) is 71.1 Å². The van der Waals surface area contributed by atoms with Crippen LogP contribution in [0.25, 0.3) is 6.08 Å². The van der Waals surface area contributed by atoms with Crippen LogP contribution in [0.5, 0.6) is 0 Å². The van der Waals surface area contributed by atoms with Crippen LogP contribution in [-0.2, 0) is 10.6 Å². The lowest BCUT2D eigenvalue weighted by molar-refractivity contribution is -0.428. The van der Waals surface area contributed by atoms with E-state index in [-0.39, 0.29) is 17.0 Å².